The zero-order valence-electron chi connectivity index (χ0n) is 11.4. The van der Waals surface area contributed by atoms with E-state index < -0.39 is 0 Å². The molecule has 1 aliphatic heterocycles. The van der Waals surface area contributed by atoms with Crippen molar-refractivity contribution in [1.82, 2.24) is 9.78 Å². The molecule has 2 aromatic heterocycles. The monoisotopic (exact) mass is 281 g/mol. The lowest BCUT2D eigenvalue weighted by Crippen LogP contribution is -2.25. The fourth-order valence-electron chi connectivity index (χ4n) is 2.77. The van der Waals surface area contributed by atoms with E-state index in [4.69, 9.17) is 0 Å². The van der Waals surface area contributed by atoms with Crippen LogP contribution in [-0.4, -0.2) is 9.78 Å². The van der Waals surface area contributed by atoms with Crippen LogP contribution in [0.1, 0.15) is 23.0 Å². The number of hydrogen-bond acceptors (Lipinski definition) is 3. The third kappa shape index (κ3) is 1.68. The van der Waals surface area contributed by atoms with Crippen LogP contribution in [0, 0.1) is 13.8 Å². The van der Waals surface area contributed by atoms with E-state index in [-0.39, 0.29) is 6.17 Å². The topological polar surface area (TPSA) is 29.9 Å². The van der Waals surface area contributed by atoms with Gasteiger partial charge in [0.05, 0.1) is 11.4 Å². The zero-order chi connectivity index (χ0) is 13.7. The summed E-state index contributed by atoms with van der Waals surface area (Å²) in [6.45, 7) is 4.17. The molecule has 0 amide bonds. The maximum Gasteiger partial charge on any atom is 0.148 e. The van der Waals surface area contributed by atoms with E-state index >= 15 is 0 Å². The first-order valence-electron chi connectivity index (χ1n) is 6.68. The van der Waals surface area contributed by atoms with Crippen LogP contribution in [0.15, 0.2) is 41.1 Å². The molecule has 0 unspecified atom stereocenters. The number of anilines is 1. The Morgan fingerprint density at radius 3 is 2.90 bits per heavy atom. The average molecular weight is 281 g/mol. The summed E-state index contributed by atoms with van der Waals surface area (Å²) >= 11 is 1.72. The smallest absolute Gasteiger partial charge is 0.148 e. The second-order valence-corrected chi connectivity index (χ2v) is 6.05. The highest BCUT2D eigenvalue weighted by molar-refractivity contribution is 7.08. The van der Waals surface area contributed by atoms with E-state index in [0.29, 0.717) is 0 Å². The van der Waals surface area contributed by atoms with Crippen molar-refractivity contribution in [2.24, 2.45) is 0 Å². The van der Waals surface area contributed by atoms with Crippen molar-refractivity contribution in [3.05, 3.63) is 57.9 Å². The van der Waals surface area contributed by atoms with Crippen LogP contribution in [0.4, 0.5) is 5.69 Å². The second-order valence-electron chi connectivity index (χ2n) is 5.27. The van der Waals surface area contributed by atoms with Gasteiger partial charge < -0.3 is 5.32 Å². The lowest BCUT2D eigenvalue weighted by molar-refractivity contribution is 0.572. The Labute approximate surface area is 121 Å². The van der Waals surface area contributed by atoms with Gasteiger partial charge in [-0.2, -0.15) is 16.4 Å². The molecule has 0 bridgehead atoms. The van der Waals surface area contributed by atoms with E-state index in [2.05, 4.69) is 63.1 Å². The van der Waals surface area contributed by atoms with Crippen molar-refractivity contribution in [3.8, 4) is 11.3 Å². The molecule has 1 atom stereocenters. The highest BCUT2D eigenvalue weighted by Gasteiger charge is 2.26. The standard InChI is InChI=1S/C16H15N3S/c1-10-3-4-14-13(7-10)15-8-11(2)18-19(15)16(17-14)12-5-6-20-9-12/h3-9,16-17H,1-2H3/t16-/m0/s1. The van der Waals surface area contributed by atoms with Gasteiger partial charge in [0, 0.05) is 16.8 Å². The third-order valence-electron chi connectivity index (χ3n) is 3.70. The first-order valence-corrected chi connectivity index (χ1v) is 7.62. The first-order chi connectivity index (χ1) is 9.72. The molecule has 1 N–H and O–H groups in total. The summed E-state index contributed by atoms with van der Waals surface area (Å²) in [4.78, 5) is 0. The van der Waals surface area contributed by atoms with Crippen molar-refractivity contribution >= 4 is 17.0 Å². The third-order valence-corrected chi connectivity index (χ3v) is 4.41. The van der Waals surface area contributed by atoms with E-state index in [1.54, 1.807) is 11.3 Å². The summed E-state index contributed by atoms with van der Waals surface area (Å²) in [7, 11) is 0. The summed E-state index contributed by atoms with van der Waals surface area (Å²) < 4.78 is 2.10. The van der Waals surface area contributed by atoms with E-state index in [9.17, 15) is 0 Å². The number of nitrogens with zero attached hydrogens (tertiary/aromatic N) is 2. The van der Waals surface area contributed by atoms with E-state index in [1.807, 2.05) is 6.92 Å². The minimum Gasteiger partial charge on any atom is -0.359 e. The lowest BCUT2D eigenvalue weighted by atomic mass is 10.0. The fourth-order valence-corrected chi connectivity index (χ4v) is 3.45. The van der Waals surface area contributed by atoms with E-state index in [0.717, 1.165) is 5.69 Å². The molecular weight excluding hydrogens is 266 g/mol. The molecule has 0 spiro atoms. The van der Waals surface area contributed by atoms with Gasteiger partial charge in [-0.25, -0.2) is 4.68 Å². The minimum atomic E-state index is 0.0835. The predicted molar refractivity (Wildman–Crippen MR) is 83.2 cm³/mol. The van der Waals surface area contributed by atoms with Gasteiger partial charge in [-0.3, -0.25) is 0 Å². The fraction of sp³-hybridized carbons (Fsp3) is 0.188. The molecule has 0 saturated heterocycles. The molecule has 0 fully saturated rings. The first kappa shape index (κ1) is 11.7. The Balaban J connectivity index is 1.95. The van der Waals surface area contributed by atoms with Crippen molar-refractivity contribution in [3.63, 3.8) is 0 Å². The molecule has 100 valence electrons. The Morgan fingerprint density at radius 1 is 1.20 bits per heavy atom. The average Bonchev–Trinajstić information content (AvgIpc) is 3.06. The SMILES string of the molecule is Cc1ccc2c(c1)-c1cc(C)nn1[C@@H](c1ccsc1)N2. The molecule has 4 heteroatoms. The molecule has 0 radical (unpaired) electrons. The molecule has 1 aromatic carbocycles. The van der Waals surface area contributed by atoms with Crippen molar-refractivity contribution in [1.29, 1.82) is 0 Å². The number of rotatable bonds is 1. The number of nitrogens with one attached hydrogen (secondary N) is 1. The lowest BCUT2D eigenvalue weighted by Gasteiger charge is -2.28. The summed E-state index contributed by atoms with van der Waals surface area (Å²) in [6.07, 6.45) is 0.0835. The van der Waals surface area contributed by atoms with Crippen molar-refractivity contribution in [2.45, 2.75) is 20.0 Å². The summed E-state index contributed by atoms with van der Waals surface area (Å²) in [5.41, 5.74) is 7.18. The Bertz CT molecular complexity index is 771. The molecule has 0 aliphatic carbocycles. The summed E-state index contributed by atoms with van der Waals surface area (Å²) in [5, 5.41) is 12.6. The largest absolute Gasteiger partial charge is 0.359 e. The minimum absolute atomic E-state index is 0.0835. The molecule has 20 heavy (non-hydrogen) atoms. The van der Waals surface area contributed by atoms with Crippen LogP contribution in [-0.2, 0) is 0 Å². The van der Waals surface area contributed by atoms with Crippen LogP contribution in [0.5, 0.6) is 0 Å². The van der Waals surface area contributed by atoms with Gasteiger partial charge in [0.1, 0.15) is 6.17 Å². The molecular formula is C16H15N3S. The van der Waals surface area contributed by atoms with Gasteiger partial charge >= 0.3 is 0 Å². The molecule has 3 nitrogen and oxygen atoms in total. The Morgan fingerprint density at radius 2 is 2.10 bits per heavy atom. The number of hydrogen-bond donors (Lipinski definition) is 1. The Hall–Kier alpha value is -2.07. The molecule has 4 rings (SSSR count). The van der Waals surface area contributed by atoms with Crippen LogP contribution in [0.2, 0.25) is 0 Å². The predicted octanol–water partition coefficient (Wildman–Crippen LogP) is 4.20. The second kappa shape index (κ2) is 4.21. The number of benzene rings is 1. The van der Waals surface area contributed by atoms with Gasteiger partial charge in [-0.05, 0) is 48.9 Å². The van der Waals surface area contributed by atoms with Gasteiger partial charge in [0.2, 0.25) is 0 Å². The van der Waals surface area contributed by atoms with Gasteiger partial charge in [-0.1, -0.05) is 11.6 Å². The highest BCUT2D eigenvalue weighted by atomic mass is 32.1. The summed E-state index contributed by atoms with van der Waals surface area (Å²) in [5.74, 6) is 0. The summed E-state index contributed by atoms with van der Waals surface area (Å²) in [6, 6.07) is 10.9. The molecule has 0 saturated carbocycles. The van der Waals surface area contributed by atoms with Crippen molar-refractivity contribution in [2.75, 3.05) is 5.32 Å². The van der Waals surface area contributed by atoms with Crippen molar-refractivity contribution < 1.29 is 0 Å². The number of aromatic nitrogens is 2. The van der Waals surface area contributed by atoms with Gasteiger partial charge in [-0.15, -0.1) is 0 Å². The van der Waals surface area contributed by atoms with Crippen LogP contribution in [0.3, 0.4) is 0 Å². The molecule has 3 aromatic rings. The zero-order valence-corrected chi connectivity index (χ0v) is 12.2. The maximum atomic E-state index is 4.68. The number of fused-ring (bicyclic) bond motifs is 3. The number of aryl methyl sites for hydroxylation is 2. The van der Waals surface area contributed by atoms with Gasteiger partial charge in [0.25, 0.3) is 0 Å². The molecule has 1 aliphatic rings. The normalized spacial score (nSPS) is 16.4. The Kier molecular flexibility index (Phi) is 2.47. The van der Waals surface area contributed by atoms with Crippen LogP contribution < -0.4 is 5.32 Å². The maximum absolute atomic E-state index is 4.68. The quantitative estimate of drug-likeness (QED) is 0.724. The number of thiophene rings is 1. The van der Waals surface area contributed by atoms with Gasteiger partial charge in [0.15, 0.2) is 0 Å². The molecule has 3 heterocycles. The van der Waals surface area contributed by atoms with Crippen LogP contribution >= 0.6 is 11.3 Å². The van der Waals surface area contributed by atoms with E-state index in [1.165, 1.54) is 28.1 Å². The van der Waals surface area contributed by atoms with Crippen LogP contribution in [0.25, 0.3) is 11.3 Å². The highest BCUT2D eigenvalue weighted by Crippen LogP contribution is 2.39.